The molecule has 1 rings (SSSR count). The van der Waals surface area contributed by atoms with E-state index >= 15 is 0 Å². The molecule has 0 aliphatic carbocycles. The van der Waals surface area contributed by atoms with E-state index in [1.54, 1.807) is 6.07 Å². The fourth-order valence-electron chi connectivity index (χ4n) is 1.09. The molecule has 0 spiro atoms. The number of nitrogens with two attached hydrogens (primary N) is 3. The van der Waals surface area contributed by atoms with Gasteiger partial charge >= 0.3 is 0 Å². The van der Waals surface area contributed by atoms with Crippen LogP contribution in [-0.4, -0.2) is 11.5 Å². The maximum Gasteiger partial charge on any atom is 0.292 e. The highest BCUT2D eigenvalue weighted by Gasteiger charge is 2.14. The molecular formula is C8H12N4O2. The topological polar surface area (TPSA) is 121 Å². The summed E-state index contributed by atoms with van der Waals surface area (Å²) in [5.74, 6) is 0. The van der Waals surface area contributed by atoms with E-state index in [4.69, 9.17) is 17.2 Å². The van der Waals surface area contributed by atoms with E-state index in [0.717, 1.165) is 0 Å². The van der Waals surface area contributed by atoms with E-state index in [1.807, 2.05) is 0 Å². The van der Waals surface area contributed by atoms with Crippen LogP contribution >= 0.6 is 0 Å². The first kappa shape index (κ1) is 10.4. The van der Waals surface area contributed by atoms with Gasteiger partial charge in [0.1, 0.15) is 5.69 Å². The molecule has 6 N–H and O–H groups in total. The summed E-state index contributed by atoms with van der Waals surface area (Å²) in [6.07, 6.45) is 0. The summed E-state index contributed by atoms with van der Waals surface area (Å²) in [7, 11) is 0. The van der Waals surface area contributed by atoms with Crippen LogP contribution in [0, 0.1) is 10.1 Å². The second-order valence-corrected chi connectivity index (χ2v) is 2.92. The summed E-state index contributed by atoms with van der Waals surface area (Å²) in [6, 6.07) is 4.06. The highest BCUT2D eigenvalue weighted by atomic mass is 16.6. The normalized spacial score (nSPS) is 12.4. The van der Waals surface area contributed by atoms with Gasteiger partial charge in [-0.05, 0) is 11.6 Å². The fourth-order valence-corrected chi connectivity index (χ4v) is 1.09. The molecule has 0 amide bonds. The largest absolute Gasteiger partial charge is 0.393 e. The van der Waals surface area contributed by atoms with Crippen molar-refractivity contribution in [3.63, 3.8) is 0 Å². The predicted molar refractivity (Wildman–Crippen MR) is 53.5 cm³/mol. The highest BCUT2D eigenvalue weighted by Crippen LogP contribution is 2.24. The molecule has 1 atom stereocenters. The molecule has 1 aromatic carbocycles. The Balaban J connectivity index is 3.12. The molecule has 0 fully saturated rings. The number of benzene rings is 1. The molecule has 0 aromatic heterocycles. The van der Waals surface area contributed by atoms with E-state index in [9.17, 15) is 10.1 Å². The van der Waals surface area contributed by atoms with Crippen molar-refractivity contribution in [2.24, 2.45) is 11.5 Å². The van der Waals surface area contributed by atoms with Crippen molar-refractivity contribution in [2.75, 3.05) is 12.3 Å². The maximum atomic E-state index is 10.5. The smallest absolute Gasteiger partial charge is 0.292 e. The van der Waals surface area contributed by atoms with Crippen molar-refractivity contribution in [2.45, 2.75) is 6.04 Å². The van der Waals surface area contributed by atoms with Crippen LogP contribution in [0.5, 0.6) is 0 Å². The first-order valence-corrected chi connectivity index (χ1v) is 4.05. The monoisotopic (exact) mass is 196 g/mol. The Morgan fingerprint density at radius 3 is 2.64 bits per heavy atom. The lowest BCUT2D eigenvalue weighted by atomic mass is 10.1. The second kappa shape index (κ2) is 4.03. The molecule has 0 bridgehead atoms. The van der Waals surface area contributed by atoms with Crippen LogP contribution < -0.4 is 17.2 Å². The van der Waals surface area contributed by atoms with Gasteiger partial charge in [-0.1, -0.05) is 6.07 Å². The van der Waals surface area contributed by atoms with Crippen LogP contribution in [0.1, 0.15) is 11.6 Å². The summed E-state index contributed by atoms with van der Waals surface area (Å²) in [6.45, 7) is 0.237. The molecule has 6 nitrogen and oxygen atoms in total. The molecule has 14 heavy (non-hydrogen) atoms. The van der Waals surface area contributed by atoms with Gasteiger partial charge in [0.25, 0.3) is 5.69 Å². The maximum absolute atomic E-state index is 10.5. The number of rotatable bonds is 3. The number of anilines is 1. The zero-order valence-electron chi connectivity index (χ0n) is 7.51. The number of nitro benzene ring substituents is 1. The van der Waals surface area contributed by atoms with Crippen LogP contribution in [0.4, 0.5) is 11.4 Å². The number of nitrogens with zero attached hydrogens (tertiary/aromatic N) is 1. The lowest BCUT2D eigenvalue weighted by Crippen LogP contribution is -2.20. The minimum atomic E-state index is -0.540. The Labute approximate surface area is 80.8 Å². The third-order valence-corrected chi connectivity index (χ3v) is 1.93. The van der Waals surface area contributed by atoms with E-state index in [1.165, 1.54) is 12.1 Å². The number of hydrogen-bond donors (Lipinski definition) is 3. The van der Waals surface area contributed by atoms with Gasteiger partial charge in [-0.15, -0.1) is 0 Å². The zero-order valence-corrected chi connectivity index (χ0v) is 7.51. The Morgan fingerprint density at radius 1 is 1.50 bits per heavy atom. The van der Waals surface area contributed by atoms with Crippen molar-refractivity contribution in [3.8, 4) is 0 Å². The third-order valence-electron chi connectivity index (χ3n) is 1.93. The standard InChI is InChI=1S/C8H12N4O2/c9-4-7(11)5-1-2-6(10)8(3-5)12(13)14/h1-3,7H,4,9-11H2. The zero-order chi connectivity index (χ0) is 10.7. The Bertz CT molecular complexity index is 353. The molecule has 0 radical (unpaired) electrons. The molecule has 0 aliphatic heterocycles. The van der Waals surface area contributed by atoms with Crippen LogP contribution in [0.3, 0.4) is 0 Å². The molecule has 6 heteroatoms. The molecule has 1 aromatic rings. The molecule has 0 saturated carbocycles. The highest BCUT2D eigenvalue weighted by molar-refractivity contribution is 5.59. The predicted octanol–water partition coefficient (Wildman–Crippen LogP) is 0.135. The van der Waals surface area contributed by atoms with Gasteiger partial charge < -0.3 is 17.2 Å². The van der Waals surface area contributed by atoms with Crippen molar-refractivity contribution < 1.29 is 4.92 Å². The average Bonchev–Trinajstić information content (AvgIpc) is 2.17. The van der Waals surface area contributed by atoms with Crippen molar-refractivity contribution in [1.82, 2.24) is 0 Å². The number of hydrogen-bond acceptors (Lipinski definition) is 5. The van der Waals surface area contributed by atoms with Gasteiger partial charge in [-0.3, -0.25) is 10.1 Å². The molecule has 0 aliphatic rings. The summed E-state index contributed by atoms with van der Waals surface area (Å²) in [5, 5.41) is 10.5. The second-order valence-electron chi connectivity index (χ2n) is 2.92. The van der Waals surface area contributed by atoms with E-state index in [0.29, 0.717) is 5.56 Å². The van der Waals surface area contributed by atoms with Gasteiger partial charge in [0, 0.05) is 18.7 Å². The first-order chi connectivity index (χ1) is 6.56. The molecule has 76 valence electrons. The third kappa shape index (κ3) is 1.98. The van der Waals surface area contributed by atoms with Crippen LogP contribution in [0.2, 0.25) is 0 Å². The van der Waals surface area contributed by atoms with Gasteiger partial charge in [0.05, 0.1) is 4.92 Å². The van der Waals surface area contributed by atoms with E-state index in [-0.39, 0.29) is 17.9 Å². The molecule has 1 unspecified atom stereocenters. The Hall–Kier alpha value is -1.66. The molecule has 0 heterocycles. The summed E-state index contributed by atoms with van der Waals surface area (Å²) >= 11 is 0. The molecular weight excluding hydrogens is 184 g/mol. The summed E-state index contributed by atoms with van der Waals surface area (Å²) in [4.78, 5) is 10.00. The minimum Gasteiger partial charge on any atom is -0.393 e. The number of nitrogen functional groups attached to an aromatic ring is 1. The van der Waals surface area contributed by atoms with Crippen molar-refractivity contribution in [3.05, 3.63) is 33.9 Å². The van der Waals surface area contributed by atoms with Gasteiger partial charge in [0.15, 0.2) is 0 Å². The van der Waals surface area contributed by atoms with Crippen LogP contribution in [0.25, 0.3) is 0 Å². The quantitative estimate of drug-likeness (QED) is 0.360. The van der Waals surface area contributed by atoms with Crippen molar-refractivity contribution >= 4 is 11.4 Å². The SMILES string of the molecule is NCC(N)c1ccc(N)c([N+](=O)[O-])c1. The Kier molecular flexibility index (Phi) is 3.00. The number of nitro groups is 1. The summed E-state index contributed by atoms with van der Waals surface area (Å²) < 4.78 is 0. The fraction of sp³-hybridized carbons (Fsp3) is 0.250. The average molecular weight is 196 g/mol. The van der Waals surface area contributed by atoms with Crippen molar-refractivity contribution in [1.29, 1.82) is 0 Å². The van der Waals surface area contributed by atoms with Crippen LogP contribution in [0.15, 0.2) is 18.2 Å². The van der Waals surface area contributed by atoms with E-state index in [2.05, 4.69) is 0 Å². The minimum absolute atomic E-state index is 0.128. The Morgan fingerprint density at radius 2 is 2.14 bits per heavy atom. The van der Waals surface area contributed by atoms with E-state index < -0.39 is 11.0 Å². The summed E-state index contributed by atoms with van der Waals surface area (Å²) in [5.41, 5.74) is 17.0. The molecule has 0 saturated heterocycles. The van der Waals surface area contributed by atoms with Gasteiger partial charge in [0.2, 0.25) is 0 Å². The first-order valence-electron chi connectivity index (χ1n) is 4.05. The lowest BCUT2D eigenvalue weighted by Gasteiger charge is -2.08. The van der Waals surface area contributed by atoms with Crippen LogP contribution in [-0.2, 0) is 0 Å². The van der Waals surface area contributed by atoms with Gasteiger partial charge in [-0.25, -0.2) is 0 Å². The van der Waals surface area contributed by atoms with Gasteiger partial charge in [-0.2, -0.15) is 0 Å². The lowest BCUT2D eigenvalue weighted by molar-refractivity contribution is -0.384.